The lowest BCUT2D eigenvalue weighted by Gasteiger charge is -2.39. The van der Waals surface area contributed by atoms with Gasteiger partial charge in [0.15, 0.2) is 0 Å². The van der Waals surface area contributed by atoms with Gasteiger partial charge in [-0.05, 0) is 54.6 Å². The van der Waals surface area contributed by atoms with E-state index in [1.807, 2.05) is 29.2 Å². The molecule has 1 fully saturated rings. The van der Waals surface area contributed by atoms with Gasteiger partial charge in [0.1, 0.15) is 12.0 Å². The van der Waals surface area contributed by atoms with Crippen LogP contribution in [0.25, 0.3) is 10.9 Å². The number of nitrogens with zero attached hydrogens (tertiary/aromatic N) is 2. The molecular formula is C22H24N2O4. The van der Waals surface area contributed by atoms with E-state index >= 15 is 0 Å². The lowest BCUT2D eigenvalue weighted by Crippen LogP contribution is -2.45. The molecule has 0 spiro atoms. The van der Waals surface area contributed by atoms with Gasteiger partial charge in [-0.2, -0.15) is 0 Å². The molecule has 146 valence electrons. The summed E-state index contributed by atoms with van der Waals surface area (Å²) >= 11 is 0. The van der Waals surface area contributed by atoms with Crippen LogP contribution in [0.2, 0.25) is 0 Å². The quantitative estimate of drug-likeness (QED) is 0.587. The maximum absolute atomic E-state index is 12.0. The molecule has 0 amide bonds. The monoisotopic (exact) mass is 380 g/mol. The summed E-state index contributed by atoms with van der Waals surface area (Å²) in [6.45, 7) is 1.55. The zero-order valence-corrected chi connectivity index (χ0v) is 15.9. The predicted octanol–water partition coefficient (Wildman–Crippen LogP) is 2.57. The molecule has 1 aliphatic heterocycles. The summed E-state index contributed by atoms with van der Waals surface area (Å²) in [5.41, 5.74) is 1.74. The van der Waals surface area contributed by atoms with Crippen molar-refractivity contribution >= 4 is 23.2 Å². The molecule has 0 aliphatic carbocycles. The Morgan fingerprint density at radius 1 is 1.50 bits per heavy atom. The molecule has 2 heterocycles. The van der Waals surface area contributed by atoms with E-state index in [-0.39, 0.29) is 18.3 Å². The Labute approximate surface area is 164 Å². The first-order valence-electron chi connectivity index (χ1n) is 9.34. The van der Waals surface area contributed by atoms with E-state index in [1.165, 1.54) is 0 Å². The number of pyridine rings is 1. The van der Waals surface area contributed by atoms with E-state index < -0.39 is 11.9 Å². The van der Waals surface area contributed by atoms with Crippen molar-refractivity contribution in [2.45, 2.75) is 18.8 Å². The van der Waals surface area contributed by atoms with Crippen molar-refractivity contribution in [1.29, 1.82) is 0 Å². The van der Waals surface area contributed by atoms with E-state index in [2.05, 4.69) is 10.9 Å². The number of aliphatic carboxylic acids is 1. The van der Waals surface area contributed by atoms with Crippen LogP contribution in [0.5, 0.6) is 5.75 Å². The smallest absolute Gasteiger partial charge is 0.308 e. The molecule has 3 atom stereocenters. The molecule has 2 aromatic rings. The van der Waals surface area contributed by atoms with Gasteiger partial charge in [-0.25, -0.2) is 0 Å². The number of likely N-dealkylation sites (tertiary alicyclic amines) is 1. The SMILES string of the molecule is C#CCN1CC[C@H](C(CC=O)c2ccnc3ccc(OC)cc23)[C@@H](C(=O)O)C1. The highest BCUT2D eigenvalue weighted by Gasteiger charge is 2.39. The molecule has 0 radical (unpaired) electrons. The highest BCUT2D eigenvalue weighted by atomic mass is 16.5. The Balaban J connectivity index is 2.04. The van der Waals surface area contributed by atoms with Crippen molar-refractivity contribution in [2.24, 2.45) is 11.8 Å². The molecule has 6 heteroatoms. The second-order valence-corrected chi connectivity index (χ2v) is 7.13. The minimum Gasteiger partial charge on any atom is -0.497 e. The van der Waals surface area contributed by atoms with Gasteiger partial charge < -0.3 is 14.6 Å². The number of ether oxygens (including phenoxy) is 1. The van der Waals surface area contributed by atoms with Gasteiger partial charge in [-0.3, -0.25) is 14.7 Å². The maximum Gasteiger partial charge on any atom is 0.308 e. The van der Waals surface area contributed by atoms with Crippen molar-refractivity contribution in [3.8, 4) is 18.1 Å². The van der Waals surface area contributed by atoms with E-state index in [0.717, 1.165) is 29.3 Å². The van der Waals surface area contributed by atoms with Crippen molar-refractivity contribution in [3.63, 3.8) is 0 Å². The van der Waals surface area contributed by atoms with Crippen molar-refractivity contribution < 1.29 is 19.4 Å². The highest BCUT2D eigenvalue weighted by Crippen LogP contribution is 2.41. The lowest BCUT2D eigenvalue weighted by atomic mass is 9.72. The molecule has 0 bridgehead atoms. The van der Waals surface area contributed by atoms with Crippen LogP contribution in [-0.4, -0.2) is 54.0 Å². The van der Waals surface area contributed by atoms with E-state index in [0.29, 0.717) is 25.3 Å². The molecular weight excluding hydrogens is 356 g/mol. The number of carboxylic acid groups (broad SMARTS) is 1. The van der Waals surface area contributed by atoms with Gasteiger partial charge in [0.2, 0.25) is 0 Å². The fraction of sp³-hybridized carbons (Fsp3) is 0.409. The van der Waals surface area contributed by atoms with Crippen LogP contribution < -0.4 is 4.74 Å². The molecule has 28 heavy (non-hydrogen) atoms. The Hall–Kier alpha value is -2.91. The average molecular weight is 380 g/mol. The van der Waals surface area contributed by atoms with E-state index in [4.69, 9.17) is 11.2 Å². The van der Waals surface area contributed by atoms with Crippen LogP contribution in [0, 0.1) is 24.2 Å². The maximum atomic E-state index is 12.0. The summed E-state index contributed by atoms with van der Waals surface area (Å²) in [4.78, 5) is 29.9. The molecule has 1 aromatic heterocycles. The van der Waals surface area contributed by atoms with E-state index in [1.54, 1.807) is 13.3 Å². The largest absolute Gasteiger partial charge is 0.497 e. The summed E-state index contributed by atoms with van der Waals surface area (Å²) in [5.74, 6) is 1.49. The van der Waals surface area contributed by atoms with Gasteiger partial charge in [0, 0.05) is 24.5 Å². The van der Waals surface area contributed by atoms with Gasteiger partial charge in [-0.1, -0.05) is 5.92 Å². The fourth-order valence-electron chi connectivity index (χ4n) is 4.29. The van der Waals surface area contributed by atoms with Crippen LogP contribution in [0.1, 0.15) is 24.3 Å². The molecule has 1 aromatic carbocycles. The lowest BCUT2D eigenvalue weighted by molar-refractivity contribution is -0.146. The van der Waals surface area contributed by atoms with Gasteiger partial charge in [-0.15, -0.1) is 6.42 Å². The first kappa shape index (κ1) is 19.8. The number of methoxy groups -OCH3 is 1. The Morgan fingerprint density at radius 2 is 2.32 bits per heavy atom. The third kappa shape index (κ3) is 4.00. The second-order valence-electron chi connectivity index (χ2n) is 7.13. The Morgan fingerprint density at radius 3 is 3.00 bits per heavy atom. The number of hydrogen-bond donors (Lipinski definition) is 1. The third-order valence-corrected chi connectivity index (χ3v) is 5.63. The summed E-state index contributed by atoms with van der Waals surface area (Å²) in [5, 5.41) is 10.7. The molecule has 6 nitrogen and oxygen atoms in total. The number of carboxylic acids is 1. The van der Waals surface area contributed by atoms with Gasteiger partial charge >= 0.3 is 5.97 Å². The van der Waals surface area contributed by atoms with Crippen molar-refractivity contribution in [2.75, 3.05) is 26.7 Å². The van der Waals surface area contributed by atoms with Crippen LogP contribution in [-0.2, 0) is 9.59 Å². The van der Waals surface area contributed by atoms with Crippen LogP contribution in [0.15, 0.2) is 30.5 Å². The predicted molar refractivity (Wildman–Crippen MR) is 106 cm³/mol. The summed E-state index contributed by atoms with van der Waals surface area (Å²) in [6, 6.07) is 7.51. The average Bonchev–Trinajstić information content (AvgIpc) is 2.71. The topological polar surface area (TPSA) is 79.7 Å². The number of rotatable bonds is 7. The zero-order valence-electron chi connectivity index (χ0n) is 15.9. The normalized spacial score (nSPS) is 21.0. The molecule has 1 aliphatic rings. The van der Waals surface area contributed by atoms with Crippen LogP contribution >= 0.6 is 0 Å². The number of terminal acetylenes is 1. The number of aromatic nitrogens is 1. The summed E-state index contributed by atoms with van der Waals surface area (Å²) < 4.78 is 5.35. The summed E-state index contributed by atoms with van der Waals surface area (Å²) in [7, 11) is 1.60. The fourth-order valence-corrected chi connectivity index (χ4v) is 4.29. The third-order valence-electron chi connectivity index (χ3n) is 5.63. The molecule has 1 unspecified atom stereocenters. The number of piperidine rings is 1. The van der Waals surface area contributed by atoms with Gasteiger partial charge in [0.25, 0.3) is 0 Å². The molecule has 3 rings (SSSR count). The molecule has 0 saturated carbocycles. The number of aldehydes is 1. The number of benzene rings is 1. The number of carbonyl (C=O) groups is 2. The van der Waals surface area contributed by atoms with E-state index in [9.17, 15) is 14.7 Å². The van der Waals surface area contributed by atoms with Crippen LogP contribution in [0.4, 0.5) is 0 Å². The first-order chi connectivity index (χ1) is 13.6. The molecule has 1 N–H and O–H groups in total. The Kier molecular flexibility index (Phi) is 6.27. The summed E-state index contributed by atoms with van der Waals surface area (Å²) in [6.07, 6.45) is 8.93. The number of fused-ring (bicyclic) bond motifs is 1. The van der Waals surface area contributed by atoms with Crippen molar-refractivity contribution in [3.05, 3.63) is 36.0 Å². The number of carbonyl (C=O) groups excluding carboxylic acids is 1. The Bertz CT molecular complexity index is 905. The van der Waals surface area contributed by atoms with Crippen LogP contribution in [0.3, 0.4) is 0 Å². The highest BCUT2D eigenvalue weighted by molar-refractivity contribution is 5.84. The first-order valence-corrected chi connectivity index (χ1v) is 9.34. The van der Waals surface area contributed by atoms with Gasteiger partial charge in [0.05, 0.1) is 25.1 Å². The minimum atomic E-state index is -0.849. The number of hydrogen-bond acceptors (Lipinski definition) is 5. The zero-order chi connectivity index (χ0) is 20.1. The minimum absolute atomic E-state index is 0.159. The standard InChI is InChI=1S/C22H24N2O4/c1-3-10-24-11-7-17(20(14-24)22(26)27)18(8-12-25)16-6-9-23-21-5-4-15(28-2)13-19(16)21/h1,4-6,9,12-13,17-18,20H,7-8,10-11,14H2,2H3,(H,26,27)/t17-,18?,20+/m1/s1. The van der Waals surface area contributed by atoms with Crippen molar-refractivity contribution in [1.82, 2.24) is 9.88 Å². The molecule has 1 saturated heterocycles. The second kappa shape index (κ2) is 8.85.